The second-order valence-electron chi connectivity index (χ2n) is 5.62. The molecule has 0 aromatic heterocycles. The average Bonchev–Trinajstić information content (AvgIpc) is 3.15. The molecule has 1 aromatic rings. The summed E-state index contributed by atoms with van der Waals surface area (Å²) in [5, 5.41) is 14.2. The van der Waals surface area contributed by atoms with Gasteiger partial charge in [0, 0.05) is 43.3 Å². The number of hydrogen-bond donors (Lipinski definition) is 1. The molecule has 0 radical (unpaired) electrons. The fourth-order valence-electron chi connectivity index (χ4n) is 2.85. The molecule has 1 saturated heterocycles. The largest absolute Gasteiger partial charge is 0.308 e. The molecule has 1 heterocycles. The minimum absolute atomic E-state index is 0.0176. The number of rotatable bonds is 5. The molecule has 0 amide bonds. The maximum Gasteiger partial charge on any atom is 0.274 e. The zero-order valence-corrected chi connectivity index (χ0v) is 11.2. The van der Waals surface area contributed by atoms with Gasteiger partial charge in [0.25, 0.3) is 5.69 Å². The summed E-state index contributed by atoms with van der Waals surface area (Å²) in [6, 6.07) is 4.71. The van der Waals surface area contributed by atoms with Crippen LogP contribution in [-0.4, -0.2) is 35.0 Å². The quantitative estimate of drug-likeness (QED) is 0.662. The molecule has 1 aliphatic heterocycles. The van der Waals surface area contributed by atoms with Crippen LogP contribution in [0.1, 0.15) is 24.8 Å². The van der Waals surface area contributed by atoms with Crippen molar-refractivity contribution in [3.63, 3.8) is 0 Å². The lowest BCUT2D eigenvalue weighted by Gasteiger charge is -2.15. The Labute approximate surface area is 116 Å². The van der Waals surface area contributed by atoms with Gasteiger partial charge in [-0.3, -0.25) is 15.0 Å². The first-order valence-electron chi connectivity index (χ1n) is 7.04. The van der Waals surface area contributed by atoms with Gasteiger partial charge in [0.1, 0.15) is 5.82 Å². The Bertz CT molecular complexity index is 519. The number of benzene rings is 1. The van der Waals surface area contributed by atoms with E-state index in [0.29, 0.717) is 18.2 Å². The maximum absolute atomic E-state index is 13.2. The predicted molar refractivity (Wildman–Crippen MR) is 72.9 cm³/mol. The first-order valence-corrected chi connectivity index (χ1v) is 7.04. The molecule has 1 aromatic carbocycles. The van der Waals surface area contributed by atoms with Crippen molar-refractivity contribution < 1.29 is 9.31 Å². The van der Waals surface area contributed by atoms with Crippen molar-refractivity contribution in [1.29, 1.82) is 0 Å². The first-order chi connectivity index (χ1) is 9.63. The van der Waals surface area contributed by atoms with Gasteiger partial charge in [-0.15, -0.1) is 0 Å². The van der Waals surface area contributed by atoms with Crippen LogP contribution in [0.3, 0.4) is 0 Å². The molecule has 6 heteroatoms. The molecule has 2 fully saturated rings. The van der Waals surface area contributed by atoms with E-state index < -0.39 is 10.7 Å². The van der Waals surface area contributed by atoms with E-state index in [1.807, 2.05) is 0 Å². The van der Waals surface area contributed by atoms with Crippen LogP contribution >= 0.6 is 0 Å². The summed E-state index contributed by atoms with van der Waals surface area (Å²) in [4.78, 5) is 12.9. The number of nitrogens with one attached hydrogen (secondary N) is 1. The van der Waals surface area contributed by atoms with Gasteiger partial charge in [-0.1, -0.05) is 0 Å². The fourth-order valence-corrected chi connectivity index (χ4v) is 2.85. The minimum atomic E-state index is -0.457. The van der Waals surface area contributed by atoms with Crippen molar-refractivity contribution in [3.8, 4) is 0 Å². The smallest absolute Gasteiger partial charge is 0.274 e. The van der Waals surface area contributed by atoms with Gasteiger partial charge >= 0.3 is 0 Å². The van der Waals surface area contributed by atoms with E-state index in [0.717, 1.165) is 31.6 Å². The Morgan fingerprint density at radius 2 is 2.20 bits per heavy atom. The molecule has 108 valence electrons. The minimum Gasteiger partial charge on any atom is -0.308 e. The van der Waals surface area contributed by atoms with Crippen molar-refractivity contribution in [2.75, 3.05) is 13.1 Å². The highest BCUT2D eigenvalue weighted by Crippen LogP contribution is 2.30. The molecule has 1 saturated carbocycles. The van der Waals surface area contributed by atoms with Crippen LogP contribution in [0.5, 0.6) is 0 Å². The predicted octanol–water partition coefficient (Wildman–Crippen LogP) is 2.06. The molecular formula is C14H18FN3O2. The van der Waals surface area contributed by atoms with Crippen molar-refractivity contribution in [1.82, 2.24) is 10.2 Å². The lowest BCUT2D eigenvalue weighted by molar-refractivity contribution is -0.385. The van der Waals surface area contributed by atoms with Gasteiger partial charge in [-0.05, 0) is 31.4 Å². The van der Waals surface area contributed by atoms with Crippen LogP contribution in [0.2, 0.25) is 0 Å². The second kappa shape index (κ2) is 5.46. The van der Waals surface area contributed by atoms with E-state index >= 15 is 0 Å². The van der Waals surface area contributed by atoms with Gasteiger partial charge in [0.05, 0.1) is 4.92 Å². The maximum atomic E-state index is 13.2. The van der Waals surface area contributed by atoms with Gasteiger partial charge < -0.3 is 5.32 Å². The lowest BCUT2D eigenvalue weighted by atomic mass is 10.1. The van der Waals surface area contributed by atoms with E-state index in [1.165, 1.54) is 25.0 Å². The van der Waals surface area contributed by atoms with E-state index in [-0.39, 0.29) is 5.69 Å². The van der Waals surface area contributed by atoms with Crippen LogP contribution in [0.15, 0.2) is 18.2 Å². The van der Waals surface area contributed by atoms with Gasteiger partial charge in [-0.25, -0.2) is 4.39 Å². The van der Waals surface area contributed by atoms with Crippen LogP contribution in [0.25, 0.3) is 0 Å². The number of halogens is 1. The highest BCUT2D eigenvalue weighted by atomic mass is 19.1. The Balaban J connectivity index is 1.60. The average molecular weight is 279 g/mol. The zero-order valence-electron chi connectivity index (χ0n) is 11.2. The summed E-state index contributed by atoms with van der Waals surface area (Å²) in [6.45, 7) is 2.43. The summed E-state index contributed by atoms with van der Waals surface area (Å²) in [6.07, 6.45) is 3.64. The molecule has 2 aliphatic rings. The Morgan fingerprint density at radius 3 is 2.90 bits per heavy atom. The molecule has 0 bridgehead atoms. The number of hydrogen-bond acceptors (Lipinski definition) is 4. The third kappa shape index (κ3) is 2.96. The standard InChI is InChI=1S/C14H18FN3O2/c15-11-1-4-14(18(19)20)10(7-11)8-16-12-5-6-17(9-12)13-2-3-13/h1,4,7,12-13,16H,2-3,5-6,8-9H2. The molecule has 5 nitrogen and oxygen atoms in total. The third-order valence-electron chi connectivity index (χ3n) is 4.10. The van der Waals surface area contributed by atoms with E-state index in [1.54, 1.807) is 0 Å². The van der Waals surface area contributed by atoms with Crippen molar-refractivity contribution >= 4 is 5.69 Å². The molecule has 1 N–H and O–H groups in total. The van der Waals surface area contributed by atoms with Crippen LogP contribution in [0.4, 0.5) is 10.1 Å². The summed E-state index contributed by atoms with van der Waals surface area (Å²) in [7, 11) is 0. The molecule has 20 heavy (non-hydrogen) atoms. The number of likely N-dealkylation sites (tertiary alicyclic amines) is 1. The molecule has 1 atom stereocenters. The van der Waals surface area contributed by atoms with Crippen LogP contribution in [-0.2, 0) is 6.54 Å². The fraction of sp³-hybridized carbons (Fsp3) is 0.571. The first kappa shape index (κ1) is 13.5. The SMILES string of the molecule is O=[N+]([O-])c1ccc(F)cc1CNC1CCN(C2CC2)C1. The Morgan fingerprint density at radius 1 is 1.40 bits per heavy atom. The highest BCUT2D eigenvalue weighted by molar-refractivity contribution is 5.40. The van der Waals surface area contributed by atoms with Crippen LogP contribution < -0.4 is 5.32 Å². The van der Waals surface area contributed by atoms with E-state index in [2.05, 4.69) is 10.2 Å². The molecule has 1 unspecified atom stereocenters. The Kier molecular flexibility index (Phi) is 3.67. The van der Waals surface area contributed by atoms with Gasteiger partial charge in [0.2, 0.25) is 0 Å². The van der Waals surface area contributed by atoms with Crippen molar-refractivity contribution in [3.05, 3.63) is 39.7 Å². The van der Waals surface area contributed by atoms with Crippen LogP contribution in [0, 0.1) is 15.9 Å². The molecule has 0 spiro atoms. The van der Waals surface area contributed by atoms with E-state index in [9.17, 15) is 14.5 Å². The van der Waals surface area contributed by atoms with Gasteiger partial charge in [0.15, 0.2) is 0 Å². The summed E-state index contributed by atoms with van der Waals surface area (Å²) in [5.74, 6) is -0.432. The lowest BCUT2D eigenvalue weighted by Crippen LogP contribution is -2.33. The van der Waals surface area contributed by atoms with E-state index in [4.69, 9.17) is 0 Å². The number of nitrogens with zero attached hydrogens (tertiary/aromatic N) is 2. The topological polar surface area (TPSA) is 58.4 Å². The number of nitro groups is 1. The normalized spacial score (nSPS) is 23.1. The molecule has 1 aliphatic carbocycles. The highest BCUT2D eigenvalue weighted by Gasteiger charge is 2.34. The molecule has 3 rings (SSSR count). The monoisotopic (exact) mass is 279 g/mol. The second-order valence-corrected chi connectivity index (χ2v) is 5.62. The summed E-state index contributed by atoms with van der Waals surface area (Å²) in [5.41, 5.74) is 0.399. The third-order valence-corrected chi connectivity index (χ3v) is 4.10. The zero-order chi connectivity index (χ0) is 14.1. The van der Waals surface area contributed by atoms with Crippen molar-refractivity contribution in [2.45, 2.75) is 37.9 Å². The summed E-state index contributed by atoms with van der Waals surface area (Å²) < 4.78 is 13.2. The number of nitro benzene ring substituents is 1. The Hall–Kier alpha value is -1.53. The summed E-state index contributed by atoms with van der Waals surface area (Å²) >= 11 is 0. The van der Waals surface area contributed by atoms with Crippen molar-refractivity contribution in [2.24, 2.45) is 0 Å². The van der Waals surface area contributed by atoms with Gasteiger partial charge in [-0.2, -0.15) is 0 Å². The molecular weight excluding hydrogens is 261 g/mol.